The molecular weight excluding hydrogens is 228 g/mol. The Morgan fingerprint density at radius 2 is 1.78 bits per heavy atom. The average Bonchev–Trinajstić information content (AvgIpc) is 2.63. The maximum absolute atomic E-state index is 12.1. The molecule has 1 aromatic heterocycles. The molecule has 94 valence electrons. The Morgan fingerprint density at radius 3 is 2.28 bits per heavy atom. The van der Waals surface area contributed by atoms with Gasteiger partial charge in [-0.3, -0.25) is 4.79 Å². The number of carbonyl (C=O) groups excluding carboxylic acids is 1. The zero-order valence-corrected chi connectivity index (χ0v) is 11.0. The zero-order valence-electron chi connectivity index (χ0n) is 11.0. The predicted octanol–water partition coefficient (Wildman–Crippen LogP) is 3.16. The summed E-state index contributed by atoms with van der Waals surface area (Å²) in [7, 11) is 0. The molecule has 0 unspecified atom stereocenters. The fourth-order valence-electron chi connectivity index (χ4n) is 1.92. The molecule has 0 spiro atoms. The van der Waals surface area contributed by atoms with Crippen LogP contribution in [0.15, 0.2) is 22.6 Å². The SMILES string of the molecule is Cc1nc(C)c(C(=O)Nc2c(C)cccc2C)o1. The van der Waals surface area contributed by atoms with Crippen LogP contribution in [0.4, 0.5) is 5.69 Å². The van der Waals surface area contributed by atoms with Gasteiger partial charge in [0.15, 0.2) is 5.89 Å². The molecule has 0 bridgehead atoms. The van der Waals surface area contributed by atoms with Crippen molar-refractivity contribution in [2.24, 2.45) is 0 Å². The molecule has 0 saturated carbocycles. The van der Waals surface area contributed by atoms with Gasteiger partial charge in [0.25, 0.3) is 5.91 Å². The van der Waals surface area contributed by atoms with Crippen molar-refractivity contribution in [1.82, 2.24) is 4.98 Å². The summed E-state index contributed by atoms with van der Waals surface area (Å²) in [6.07, 6.45) is 0. The minimum Gasteiger partial charge on any atom is -0.436 e. The van der Waals surface area contributed by atoms with Crippen molar-refractivity contribution in [3.05, 3.63) is 46.7 Å². The number of oxazole rings is 1. The fourth-order valence-corrected chi connectivity index (χ4v) is 1.92. The number of rotatable bonds is 2. The highest BCUT2D eigenvalue weighted by atomic mass is 16.4. The first-order valence-electron chi connectivity index (χ1n) is 5.80. The molecule has 2 aromatic rings. The lowest BCUT2D eigenvalue weighted by Crippen LogP contribution is -2.14. The Balaban J connectivity index is 2.30. The molecule has 0 aliphatic rings. The van der Waals surface area contributed by atoms with Gasteiger partial charge in [-0.15, -0.1) is 0 Å². The van der Waals surface area contributed by atoms with Gasteiger partial charge in [-0.05, 0) is 31.9 Å². The lowest BCUT2D eigenvalue weighted by molar-refractivity contribution is 0.0994. The number of hydrogen-bond acceptors (Lipinski definition) is 3. The number of benzene rings is 1. The van der Waals surface area contributed by atoms with E-state index >= 15 is 0 Å². The van der Waals surface area contributed by atoms with E-state index < -0.39 is 0 Å². The summed E-state index contributed by atoms with van der Waals surface area (Å²) in [6.45, 7) is 7.40. The van der Waals surface area contributed by atoms with E-state index in [1.807, 2.05) is 32.0 Å². The van der Waals surface area contributed by atoms with Gasteiger partial charge in [0, 0.05) is 12.6 Å². The van der Waals surface area contributed by atoms with Crippen molar-refractivity contribution in [2.45, 2.75) is 27.7 Å². The molecule has 0 aliphatic heterocycles. The number of hydrogen-bond donors (Lipinski definition) is 1. The smallest absolute Gasteiger partial charge is 0.293 e. The van der Waals surface area contributed by atoms with E-state index in [-0.39, 0.29) is 11.7 Å². The summed E-state index contributed by atoms with van der Waals surface area (Å²) in [6, 6.07) is 5.88. The van der Waals surface area contributed by atoms with Crippen LogP contribution in [0, 0.1) is 27.7 Å². The molecular formula is C14H16N2O2. The number of aromatic nitrogens is 1. The van der Waals surface area contributed by atoms with Crippen LogP contribution in [0.1, 0.15) is 33.3 Å². The van der Waals surface area contributed by atoms with Gasteiger partial charge in [-0.2, -0.15) is 0 Å². The molecule has 1 amide bonds. The van der Waals surface area contributed by atoms with Crippen molar-refractivity contribution in [2.75, 3.05) is 5.32 Å². The molecule has 4 heteroatoms. The lowest BCUT2D eigenvalue weighted by Gasteiger charge is -2.10. The first-order chi connectivity index (χ1) is 8.49. The van der Waals surface area contributed by atoms with Gasteiger partial charge >= 0.3 is 0 Å². The van der Waals surface area contributed by atoms with E-state index in [2.05, 4.69) is 10.3 Å². The molecule has 1 aromatic carbocycles. The van der Waals surface area contributed by atoms with Crippen LogP contribution in [-0.2, 0) is 0 Å². The highest BCUT2D eigenvalue weighted by molar-refractivity contribution is 6.03. The molecule has 2 rings (SSSR count). The van der Waals surface area contributed by atoms with Crippen molar-refractivity contribution in [3.8, 4) is 0 Å². The first kappa shape index (κ1) is 12.4. The van der Waals surface area contributed by atoms with Crippen molar-refractivity contribution in [1.29, 1.82) is 0 Å². The average molecular weight is 244 g/mol. The van der Waals surface area contributed by atoms with E-state index in [9.17, 15) is 4.79 Å². The van der Waals surface area contributed by atoms with E-state index in [0.29, 0.717) is 11.6 Å². The van der Waals surface area contributed by atoms with Gasteiger partial charge in [-0.1, -0.05) is 18.2 Å². The minimum absolute atomic E-state index is 0.259. The van der Waals surface area contributed by atoms with Gasteiger partial charge in [0.2, 0.25) is 5.76 Å². The highest BCUT2D eigenvalue weighted by Gasteiger charge is 2.17. The second-order valence-electron chi connectivity index (χ2n) is 4.37. The van der Waals surface area contributed by atoms with E-state index in [1.165, 1.54) is 0 Å². The summed E-state index contributed by atoms with van der Waals surface area (Å²) >= 11 is 0. The largest absolute Gasteiger partial charge is 0.436 e. The maximum Gasteiger partial charge on any atom is 0.293 e. The topological polar surface area (TPSA) is 55.1 Å². The quantitative estimate of drug-likeness (QED) is 0.882. The standard InChI is InChI=1S/C14H16N2O2/c1-8-6-5-7-9(2)12(8)16-14(17)13-10(3)15-11(4)18-13/h5-7H,1-4H3,(H,16,17). The van der Waals surface area contributed by atoms with Crippen molar-refractivity contribution in [3.63, 3.8) is 0 Å². The molecule has 1 N–H and O–H groups in total. The van der Waals surface area contributed by atoms with Crippen LogP contribution in [0.3, 0.4) is 0 Å². The third-order valence-electron chi connectivity index (χ3n) is 2.83. The predicted molar refractivity (Wildman–Crippen MR) is 69.8 cm³/mol. The van der Waals surface area contributed by atoms with Crippen molar-refractivity contribution < 1.29 is 9.21 Å². The van der Waals surface area contributed by atoms with Crippen LogP contribution < -0.4 is 5.32 Å². The Labute approximate surface area is 106 Å². The summed E-state index contributed by atoms with van der Waals surface area (Å²) < 4.78 is 5.30. The maximum atomic E-state index is 12.1. The molecule has 0 aliphatic carbocycles. The van der Waals surface area contributed by atoms with Crippen LogP contribution >= 0.6 is 0 Å². The van der Waals surface area contributed by atoms with Gasteiger partial charge < -0.3 is 9.73 Å². The second kappa shape index (κ2) is 4.64. The summed E-state index contributed by atoms with van der Waals surface area (Å²) in [4.78, 5) is 16.2. The normalized spacial score (nSPS) is 10.4. The number of anilines is 1. The van der Waals surface area contributed by atoms with Crippen LogP contribution in [-0.4, -0.2) is 10.9 Å². The number of amides is 1. The first-order valence-corrected chi connectivity index (χ1v) is 5.80. The molecule has 0 radical (unpaired) electrons. The Kier molecular flexibility index (Phi) is 3.19. The molecule has 0 fully saturated rings. The van der Waals surface area contributed by atoms with Crippen LogP contribution in [0.5, 0.6) is 0 Å². The Bertz CT molecular complexity index is 580. The molecule has 0 saturated heterocycles. The summed E-state index contributed by atoms with van der Waals surface area (Å²) in [5, 5.41) is 2.88. The molecule has 0 atom stereocenters. The van der Waals surface area contributed by atoms with E-state index in [4.69, 9.17) is 4.42 Å². The highest BCUT2D eigenvalue weighted by Crippen LogP contribution is 2.21. The number of carbonyl (C=O) groups is 1. The monoisotopic (exact) mass is 244 g/mol. The van der Waals surface area contributed by atoms with Crippen LogP contribution in [0.25, 0.3) is 0 Å². The van der Waals surface area contributed by atoms with Crippen LogP contribution in [0.2, 0.25) is 0 Å². The molecule has 4 nitrogen and oxygen atoms in total. The fraction of sp³-hybridized carbons (Fsp3) is 0.286. The Morgan fingerprint density at radius 1 is 1.17 bits per heavy atom. The number of nitrogens with one attached hydrogen (secondary N) is 1. The third kappa shape index (κ3) is 2.27. The third-order valence-corrected chi connectivity index (χ3v) is 2.83. The van der Waals surface area contributed by atoms with Gasteiger partial charge in [0.05, 0.1) is 5.69 Å². The summed E-state index contributed by atoms with van der Waals surface area (Å²) in [5.74, 6) is 0.514. The minimum atomic E-state index is -0.259. The summed E-state index contributed by atoms with van der Waals surface area (Å²) in [5.41, 5.74) is 3.49. The molecule has 18 heavy (non-hydrogen) atoms. The number of para-hydroxylation sites is 1. The second-order valence-corrected chi connectivity index (χ2v) is 4.37. The van der Waals surface area contributed by atoms with Crippen molar-refractivity contribution >= 4 is 11.6 Å². The van der Waals surface area contributed by atoms with E-state index in [0.717, 1.165) is 16.8 Å². The van der Waals surface area contributed by atoms with E-state index in [1.54, 1.807) is 13.8 Å². The Hall–Kier alpha value is -2.10. The number of nitrogens with zero attached hydrogens (tertiary/aromatic N) is 1. The van der Waals surface area contributed by atoms with Gasteiger partial charge in [0.1, 0.15) is 0 Å². The van der Waals surface area contributed by atoms with Gasteiger partial charge in [-0.25, -0.2) is 4.98 Å². The zero-order chi connectivity index (χ0) is 13.3. The molecule has 1 heterocycles. The number of aryl methyl sites for hydroxylation is 4. The lowest BCUT2D eigenvalue weighted by atomic mass is 10.1.